The molecule has 1 heterocycles. The molecule has 3 nitrogen and oxygen atoms in total. The van der Waals surface area contributed by atoms with Gasteiger partial charge in [-0.2, -0.15) is 0 Å². The molecule has 0 saturated carbocycles. The van der Waals surface area contributed by atoms with Gasteiger partial charge in [-0.05, 0) is 37.7 Å². The van der Waals surface area contributed by atoms with Crippen LogP contribution in [0.15, 0.2) is 29.2 Å². The zero-order valence-corrected chi connectivity index (χ0v) is 11.1. The highest BCUT2D eigenvalue weighted by atomic mass is 32.2. The highest BCUT2D eigenvalue weighted by molar-refractivity contribution is 7.98. The molecule has 4 heteroatoms. The lowest BCUT2D eigenvalue weighted by molar-refractivity contribution is 0.900. The molecule has 1 aromatic carbocycles. The summed E-state index contributed by atoms with van der Waals surface area (Å²) in [6, 6.07) is 8.30. The van der Waals surface area contributed by atoms with Gasteiger partial charge in [-0.15, -0.1) is 11.8 Å². The Morgan fingerprint density at radius 3 is 2.61 bits per heavy atom. The van der Waals surface area contributed by atoms with Crippen LogP contribution in [0, 0.1) is 0 Å². The minimum atomic E-state index is 0.654. The molecule has 3 rings (SSSR count). The van der Waals surface area contributed by atoms with Crippen molar-refractivity contribution >= 4 is 17.6 Å². The second-order valence-electron chi connectivity index (χ2n) is 4.44. The van der Waals surface area contributed by atoms with Crippen molar-refractivity contribution < 1.29 is 0 Å². The number of benzene rings is 1. The van der Waals surface area contributed by atoms with Gasteiger partial charge in [0.25, 0.3) is 0 Å². The smallest absolute Gasteiger partial charge is 0.161 e. The van der Waals surface area contributed by atoms with Crippen LogP contribution in [0.3, 0.4) is 0 Å². The van der Waals surface area contributed by atoms with Crippen LogP contribution in [0.4, 0.5) is 5.82 Å². The molecule has 0 amide bonds. The molecule has 2 aromatic rings. The Hall–Kier alpha value is -1.55. The number of aromatic nitrogens is 2. The second-order valence-corrected chi connectivity index (χ2v) is 5.32. The van der Waals surface area contributed by atoms with Crippen molar-refractivity contribution in [1.82, 2.24) is 9.97 Å². The molecule has 0 spiro atoms. The molecule has 0 unspecified atom stereocenters. The average molecular weight is 257 g/mol. The third kappa shape index (κ3) is 1.97. The van der Waals surface area contributed by atoms with Gasteiger partial charge in [-0.3, -0.25) is 0 Å². The van der Waals surface area contributed by atoms with Crippen molar-refractivity contribution in [1.29, 1.82) is 0 Å². The molecule has 0 atom stereocenters. The summed E-state index contributed by atoms with van der Waals surface area (Å²) in [4.78, 5) is 10.3. The van der Waals surface area contributed by atoms with E-state index in [2.05, 4.69) is 40.5 Å². The number of nitrogen functional groups attached to an aromatic ring is 1. The van der Waals surface area contributed by atoms with Crippen LogP contribution in [0.1, 0.15) is 17.7 Å². The normalized spacial score (nSPS) is 13.6. The van der Waals surface area contributed by atoms with Crippen molar-refractivity contribution in [3.63, 3.8) is 0 Å². The quantitative estimate of drug-likeness (QED) is 0.840. The predicted octanol–water partition coefficient (Wildman–Crippen LogP) is 2.94. The number of nitrogens with two attached hydrogens (primary N) is 1. The Morgan fingerprint density at radius 1 is 1.11 bits per heavy atom. The SMILES string of the molecule is CSc1ccc(-c2nc(N)c3c(n2)CCC3)cc1. The van der Waals surface area contributed by atoms with Gasteiger partial charge < -0.3 is 5.73 Å². The van der Waals surface area contributed by atoms with E-state index < -0.39 is 0 Å². The highest BCUT2D eigenvalue weighted by Crippen LogP contribution is 2.28. The fourth-order valence-electron chi connectivity index (χ4n) is 2.33. The van der Waals surface area contributed by atoms with Crippen LogP contribution in [0.25, 0.3) is 11.4 Å². The molecule has 1 aromatic heterocycles. The van der Waals surface area contributed by atoms with Gasteiger partial charge in [0, 0.05) is 21.7 Å². The van der Waals surface area contributed by atoms with E-state index in [4.69, 9.17) is 5.73 Å². The van der Waals surface area contributed by atoms with E-state index in [9.17, 15) is 0 Å². The van der Waals surface area contributed by atoms with Gasteiger partial charge in [-0.1, -0.05) is 12.1 Å². The number of thioether (sulfide) groups is 1. The Morgan fingerprint density at radius 2 is 1.89 bits per heavy atom. The van der Waals surface area contributed by atoms with Crippen LogP contribution in [0.2, 0.25) is 0 Å². The molecule has 1 aliphatic rings. The van der Waals surface area contributed by atoms with Crippen LogP contribution in [0.5, 0.6) is 0 Å². The number of hydrogen-bond acceptors (Lipinski definition) is 4. The molecule has 92 valence electrons. The van der Waals surface area contributed by atoms with Crippen molar-refractivity contribution in [3.8, 4) is 11.4 Å². The van der Waals surface area contributed by atoms with Gasteiger partial charge in [0.05, 0.1) is 0 Å². The van der Waals surface area contributed by atoms with Gasteiger partial charge in [-0.25, -0.2) is 9.97 Å². The zero-order chi connectivity index (χ0) is 12.5. The Balaban J connectivity index is 2.03. The molecule has 2 N–H and O–H groups in total. The van der Waals surface area contributed by atoms with E-state index in [1.807, 2.05) is 0 Å². The highest BCUT2D eigenvalue weighted by Gasteiger charge is 2.18. The lowest BCUT2D eigenvalue weighted by atomic mass is 10.2. The first kappa shape index (κ1) is 11.5. The third-order valence-corrected chi connectivity index (χ3v) is 4.06. The Labute approximate surface area is 111 Å². The summed E-state index contributed by atoms with van der Waals surface area (Å²) in [5.41, 5.74) is 9.33. The molecular formula is C14H15N3S. The summed E-state index contributed by atoms with van der Waals surface area (Å²) in [5, 5.41) is 0. The molecule has 0 saturated heterocycles. The second kappa shape index (κ2) is 4.61. The minimum absolute atomic E-state index is 0.654. The fraction of sp³-hybridized carbons (Fsp3) is 0.286. The number of rotatable bonds is 2. The molecule has 0 aliphatic heterocycles. The molecule has 18 heavy (non-hydrogen) atoms. The van der Waals surface area contributed by atoms with Crippen LogP contribution in [-0.2, 0) is 12.8 Å². The van der Waals surface area contributed by atoms with Crippen LogP contribution < -0.4 is 5.73 Å². The number of aryl methyl sites for hydroxylation is 1. The van der Waals surface area contributed by atoms with E-state index in [1.165, 1.54) is 4.90 Å². The van der Waals surface area contributed by atoms with Gasteiger partial charge in [0.1, 0.15) is 5.82 Å². The Bertz CT molecular complexity index is 578. The summed E-state index contributed by atoms with van der Waals surface area (Å²) in [7, 11) is 0. The fourth-order valence-corrected chi connectivity index (χ4v) is 2.74. The van der Waals surface area contributed by atoms with E-state index >= 15 is 0 Å². The van der Waals surface area contributed by atoms with Crippen LogP contribution >= 0.6 is 11.8 Å². The number of fused-ring (bicyclic) bond motifs is 1. The monoisotopic (exact) mass is 257 g/mol. The molecular weight excluding hydrogens is 242 g/mol. The minimum Gasteiger partial charge on any atom is -0.383 e. The maximum Gasteiger partial charge on any atom is 0.161 e. The predicted molar refractivity (Wildman–Crippen MR) is 75.7 cm³/mol. The summed E-state index contributed by atoms with van der Waals surface area (Å²) >= 11 is 1.73. The summed E-state index contributed by atoms with van der Waals surface area (Å²) < 4.78 is 0. The third-order valence-electron chi connectivity index (χ3n) is 3.31. The van der Waals surface area contributed by atoms with Crippen molar-refractivity contribution in [2.24, 2.45) is 0 Å². The zero-order valence-electron chi connectivity index (χ0n) is 10.3. The standard InChI is InChI=1S/C14H15N3S/c1-18-10-7-5-9(6-8-10)14-16-12-4-2-3-11(12)13(15)17-14/h5-8H,2-4H2,1H3,(H2,15,16,17). The molecule has 0 fully saturated rings. The first-order chi connectivity index (χ1) is 8.78. The van der Waals surface area contributed by atoms with Gasteiger partial charge in [0.2, 0.25) is 0 Å². The maximum absolute atomic E-state index is 6.01. The number of hydrogen-bond donors (Lipinski definition) is 1. The van der Waals surface area contributed by atoms with E-state index in [0.29, 0.717) is 5.82 Å². The lowest BCUT2D eigenvalue weighted by Crippen LogP contribution is -2.02. The van der Waals surface area contributed by atoms with Crippen molar-refractivity contribution in [2.75, 3.05) is 12.0 Å². The van der Waals surface area contributed by atoms with E-state index in [0.717, 1.165) is 41.9 Å². The van der Waals surface area contributed by atoms with E-state index in [1.54, 1.807) is 11.8 Å². The van der Waals surface area contributed by atoms with Crippen molar-refractivity contribution in [2.45, 2.75) is 24.2 Å². The summed E-state index contributed by atoms with van der Waals surface area (Å²) in [6.07, 6.45) is 5.26. The number of anilines is 1. The van der Waals surface area contributed by atoms with E-state index in [-0.39, 0.29) is 0 Å². The number of nitrogens with zero attached hydrogens (tertiary/aromatic N) is 2. The molecule has 1 aliphatic carbocycles. The van der Waals surface area contributed by atoms with Gasteiger partial charge >= 0.3 is 0 Å². The van der Waals surface area contributed by atoms with Crippen LogP contribution in [-0.4, -0.2) is 16.2 Å². The molecule has 0 radical (unpaired) electrons. The van der Waals surface area contributed by atoms with Crippen molar-refractivity contribution in [3.05, 3.63) is 35.5 Å². The summed E-state index contributed by atoms with van der Waals surface area (Å²) in [6.45, 7) is 0. The first-order valence-corrected chi connectivity index (χ1v) is 7.30. The average Bonchev–Trinajstić information content (AvgIpc) is 2.88. The first-order valence-electron chi connectivity index (χ1n) is 6.07. The molecule has 0 bridgehead atoms. The topological polar surface area (TPSA) is 51.8 Å². The maximum atomic E-state index is 6.01. The lowest BCUT2D eigenvalue weighted by Gasteiger charge is -2.07. The summed E-state index contributed by atoms with van der Waals surface area (Å²) in [5.74, 6) is 1.40. The largest absolute Gasteiger partial charge is 0.383 e. The Kier molecular flexibility index (Phi) is 2.96. The van der Waals surface area contributed by atoms with Gasteiger partial charge in [0.15, 0.2) is 5.82 Å².